The second-order valence-corrected chi connectivity index (χ2v) is 2.25. The molecule has 0 rings (SSSR count). The van der Waals surface area contributed by atoms with Gasteiger partial charge in [-0.2, -0.15) is 0 Å². The molecule has 4 heteroatoms. The summed E-state index contributed by atoms with van der Waals surface area (Å²) in [7, 11) is 1.55. The third-order valence-electron chi connectivity index (χ3n) is 1.38. The lowest BCUT2D eigenvalue weighted by Crippen LogP contribution is -2.31. The topological polar surface area (TPSA) is 64.4 Å². The number of hydrogen-bond donors (Lipinski definition) is 2. The number of nitrogens with two attached hydrogens (primary N) is 1. The van der Waals surface area contributed by atoms with Crippen LogP contribution in [0.3, 0.4) is 0 Å². The molecule has 11 heavy (non-hydrogen) atoms. The summed E-state index contributed by atoms with van der Waals surface area (Å²) < 4.78 is 4.93. The van der Waals surface area contributed by atoms with E-state index in [9.17, 15) is 4.79 Å². The Morgan fingerprint density at radius 3 is 2.73 bits per heavy atom. The van der Waals surface area contributed by atoms with Crippen molar-refractivity contribution in [1.29, 1.82) is 0 Å². The van der Waals surface area contributed by atoms with Gasteiger partial charge in [-0.1, -0.05) is 0 Å². The van der Waals surface area contributed by atoms with E-state index in [2.05, 4.69) is 5.32 Å². The van der Waals surface area contributed by atoms with Crippen molar-refractivity contribution in [3.05, 3.63) is 0 Å². The van der Waals surface area contributed by atoms with Gasteiger partial charge in [0.05, 0.1) is 12.5 Å². The zero-order chi connectivity index (χ0) is 8.69. The average molecular weight is 160 g/mol. The molecule has 0 saturated heterocycles. The molecular formula is C7H16N2O2. The lowest BCUT2D eigenvalue weighted by molar-refractivity contribution is -0.123. The summed E-state index contributed by atoms with van der Waals surface area (Å²) in [5, 5.41) is 2.67. The summed E-state index contributed by atoms with van der Waals surface area (Å²) >= 11 is 0. The zero-order valence-electron chi connectivity index (χ0n) is 7.09. The van der Waals surface area contributed by atoms with E-state index in [4.69, 9.17) is 10.5 Å². The lowest BCUT2D eigenvalue weighted by Gasteiger charge is -2.11. The van der Waals surface area contributed by atoms with E-state index in [0.717, 1.165) is 0 Å². The van der Waals surface area contributed by atoms with E-state index >= 15 is 0 Å². The number of nitrogens with one attached hydrogen (secondary N) is 1. The normalized spacial score (nSPS) is 12.6. The van der Waals surface area contributed by atoms with Crippen molar-refractivity contribution in [2.75, 3.05) is 20.2 Å². The molecule has 0 aliphatic heterocycles. The molecule has 1 unspecified atom stereocenters. The van der Waals surface area contributed by atoms with Crippen molar-refractivity contribution in [3.63, 3.8) is 0 Å². The minimum absolute atomic E-state index is 0.00944. The van der Waals surface area contributed by atoms with Gasteiger partial charge < -0.3 is 15.8 Å². The number of amides is 1. The van der Waals surface area contributed by atoms with Crippen molar-refractivity contribution in [3.8, 4) is 0 Å². The van der Waals surface area contributed by atoms with E-state index in [-0.39, 0.29) is 12.0 Å². The van der Waals surface area contributed by atoms with Crippen molar-refractivity contribution >= 4 is 5.91 Å². The van der Waals surface area contributed by atoms with Crippen molar-refractivity contribution in [1.82, 2.24) is 5.32 Å². The maximum Gasteiger partial charge on any atom is 0.222 e. The molecule has 1 amide bonds. The Morgan fingerprint density at radius 2 is 2.36 bits per heavy atom. The van der Waals surface area contributed by atoms with Gasteiger partial charge in [0, 0.05) is 20.2 Å². The first-order valence-corrected chi connectivity index (χ1v) is 3.74. The van der Waals surface area contributed by atoms with E-state index in [0.29, 0.717) is 19.5 Å². The molecule has 1 atom stereocenters. The van der Waals surface area contributed by atoms with Crippen LogP contribution in [-0.4, -0.2) is 32.2 Å². The monoisotopic (exact) mass is 160 g/mol. The van der Waals surface area contributed by atoms with Crippen LogP contribution in [0, 0.1) is 0 Å². The SMILES string of the molecule is CCNC(=O)CC(CN)OC. The molecule has 0 aliphatic carbocycles. The molecule has 0 radical (unpaired) electrons. The zero-order valence-corrected chi connectivity index (χ0v) is 7.09. The molecule has 0 aromatic rings. The van der Waals surface area contributed by atoms with Crippen LogP contribution in [0.2, 0.25) is 0 Å². The van der Waals surface area contributed by atoms with Crippen LogP contribution >= 0.6 is 0 Å². The molecule has 0 bridgehead atoms. The molecule has 4 nitrogen and oxygen atoms in total. The first-order valence-electron chi connectivity index (χ1n) is 3.74. The smallest absolute Gasteiger partial charge is 0.222 e. The van der Waals surface area contributed by atoms with Crippen LogP contribution < -0.4 is 11.1 Å². The number of rotatable bonds is 5. The van der Waals surface area contributed by atoms with Crippen LogP contribution in [0.25, 0.3) is 0 Å². The maximum atomic E-state index is 10.9. The Kier molecular flexibility index (Phi) is 5.78. The van der Waals surface area contributed by atoms with E-state index in [1.54, 1.807) is 7.11 Å². The summed E-state index contributed by atoms with van der Waals surface area (Å²) in [6, 6.07) is 0. The Hall–Kier alpha value is -0.610. The molecule has 0 spiro atoms. The highest BCUT2D eigenvalue weighted by Gasteiger charge is 2.09. The third-order valence-corrected chi connectivity index (χ3v) is 1.38. The van der Waals surface area contributed by atoms with Gasteiger partial charge in [-0.25, -0.2) is 0 Å². The molecule has 0 aromatic heterocycles. The number of ether oxygens (including phenoxy) is 1. The van der Waals surface area contributed by atoms with Gasteiger partial charge in [0.2, 0.25) is 5.91 Å². The van der Waals surface area contributed by atoms with Crippen molar-refractivity contribution in [2.45, 2.75) is 19.4 Å². The first-order chi connectivity index (χ1) is 5.24. The minimum atomic E-state index is -0.151. The fraction of sp³-hybridized carbons (Fsp3) is 0.857. The number of hydrogen-bond acceptors (Lipinski definition) is 3. The van der Waals surface area contributed by atoms with Gasteiger partial charge >= 0.3 is 0 Å². The van der Waals surface area contributed by atoms with E-state index < -0.39 is 0 Å². The summed E-state index contributed by atoms with van der Waals surface area (Å²) in [5.74, 6) is -0.00944. The Balaban J connectivity index is 3.54. The Labute approximate surface area is 67.1 Å². The summed E-state index contributed by atoms with van der Waals surface area (Å²) in [6.07, 6.45) is 0.197. The molecule has 0 aliphatic rings. The predicted molar refractivity (Wildman–Crippen MR) is 43.2 cm³/mol. The van der Waals surface area contributed by atoms with Crippen LogP contribution in [0.1, 0.15) is 13.3 Å². The Morgan fingerprint density at radius 1 is 1.73 bits per heavy atom. The first kappa shape index (κ1) is 10.4. The fourth-order valence-corrected chi connectivity index (χ4v) is 0.739. The van der Waals surface area contributed by atoms with Gasteiger partial charge in [0.25, 0.3) is 0 Å². The van der Waals surface area contributed by atoms with E-state index in [1.165, 1.54) is 0 Å². The van der Waals surface area contributed by atoms with Gasteiger partial charge in [-0.15, -0.1) is 0 Å². The van der Waals surface area contributed by atoms with Gasteiger partial charge in [0.1, 0.15) is 0 Å². The number of carbonyl (C=O) groups excluding carboxylic acids is 1. The van der Waals surface area contributed by atoms with Crippen LogP contribution in [-0.2, 0) is 9.53 Å². The van der Waals surface area contributed by atoms with Crippen LogP contribution in [0.15, 0.2) is 0 Å². The Bertz CT molecular complexity index is 113. The summed E-state index contributed by atoms with van der Waals surface area (Å²) in [4.78, 5) is 10.9. The van der Waals surface area contributed by atoms with Crippen molar-refractivity contribution in [2.24, 2.45) is 5.73 Å². The lowest BCUT2D eigenvalue weighted by atomic mass is 10.2. The number of methoxy groups -OCH3 is 1. The minimum Gasteiger partial charge on any atom is -0.380 e. The molecule has 3 N–H and O–H groups in total. The van der Waals surface area contributed by atoms with Crippen molar-refractivity contribution < 1.29 is 9.53 Å². The summed E-state index contributed by atoms with van der Waals surface area (Å²) in [5.41, 5.74) is 5.32. The van der Waals surface area contributed by atoms with Crippen LogP contribution in [0.5, 0.6) is 0 Å². The molecule has 66 valence electrons. The second kappa shape index (κ2) is 6.12. The van der Waals surface area contributed by atoms with E-state index in [1.807, 2.05) is 6.92 Å². The highest BCUT2D eigenvalue weighted by atomic mass is 16.5. The molecule has 0 saturated carbocycles. The highest BCUT2D eigenvalue weighted by molar-refractivity contribution is 5.76. The fourth-order valence-electron chi connectivity index (χ4n) is 0.739. The van der Waals surface area contributed by atoms with Gasteiger partial charge in [0.15, 0.2) is 0 Å². The van der Waals surface area contributed by atoms with Gasteiger partial charge in [-0.3, -0.25) is 4.79 Å². The predicted octanol–water partition coefficient (Wildman–Crippen LogP) is -0.514. The molecule has 0 aromatic carbocycles. The largest absolute Gasteiger partial charge is 0.380 e. The van der Waals surface area contributed by atoms with Gasteiger partial charge in [-0.05, 0) is 6.92 Å². The quantitative estimate of drug-likeness (QED) is 0.569. The molecule has 0 fully saturated rings. The average Bonchev–Trinajstić information content (AvgIpc) is 2.01. The third kappa shape index (κ3) is 4.75. The second-order valence-electron chi connectivity index (χ2n) is 2.25. The highest BCUT2D eigenvalue weighted by Crippen LogP contribution is 1.93. The summed E-state index contributed by atoms with van der Waals surface area (Å²) in [6.45, 7) is 2.91. The maximum absolute atomic E-state index is 10.9. The molecule has 0 heterocycles. The standard InChI is InChI=1S/C7H16N2O2/c1-3-9-7(10)4-6(5-8)11-2/h6H,3-5,8H2,1-2H3,(H,9,10). The molecular weight excluding hydrogens is 144 g/mol. The number of carbonyl (C=O) groups is 1. The van der Waals surface area contributed by atoms with Crippen LogP contribution in [0.4, 0.5) is 0 Å².